The molecule has 2 fully saturated rings. The molecule has 0 radical (unpaired) electrons. The van der Waals surface area contributed by atoms with Crippen LogP contribution in [-0.2, 0) is 4.79 Å². The molecule has 3 aliphatic heterocycles. The highest BCUT2D eigenvalue weighted by Gasteiger charge is 2.48. The van der Waals surface area contributed by atoms with Crippen molar-refractivity contribution in [1.29, 1.82) is 0 Å². The minimum Gasteiger partial charge on any atom is -0.497 e. The summed E-state index contributed by atoms with van der Waals surface area (Å²) in [4.78, 5) is 17.0. The average Bonchev–Trinajstić information content (AvgIpc) is 3.11. The number of carbonyl (C=O) groups is 1. The maximum atomic E-state index is 12.7. The van der Waals surface area contributed by atoms with Gasteiger partial charge in [0.25, 0.3) is 0 Å². The van der Waals surface area contributed by atoms with Crippen molar-refractivity contribution in [2.75, 3.05) is 44.0 Å². The number of amides is 1. The van der Waals surface area contributed by atoms with E-state index in [0.717, 1.165) is 55.4 Å². The van der Waals surface area contributed by atoms with Gasteiger partial charge in [-0.2, -0.15) is 0 Å². The molecule has 1 unspecified atom stereocenters. The van der Waals surface area contributed by atoms with E-state index in [1.807, 2.05) is 53.4 Å². The Morgan fingerprint density at radius 1 is 1.10 bits per heavy atom. The first-order chi connectivity index (χ1) is 14.7. The number of rotatable bonds is 4. The van der Waals surface area contributed by atoms with Gasteiger partial charge in [-0.25, -0.2) is 0 Å². The summed E-state index contributed by atoms with van der Waals surface area (Å²) >= 11 is 1.79. The fourth-order valence-electron chi connectivity index (χ4n) is 4.56. The zero-order valence-corrected chi connectivity index (χ0v) is 17.9. The minimum absolute atomic E-state index is 0.0319. The van der Waals surface area contributed by atoms with E-state index in [-0.39, 0.29) is 16.9 Å². The number of hydrogen-bond donors (Lipinski definition) is 0. The number of anilines is 1. The van der Waals surface area contributed by atoms with Crippen molar-refractivity contribution in [2.24, 2.45) is 0 Å². The zero-order chi connectivity index (χ0) is 20.6. The van der Waals surface area contributed by atoms with Gasteiger partial charge in [-0.05, 0) is 49.2 Å². The Labute approximate surface area is 181 Å². The maximum absolute atomic E-state index is 12.7. The van der Waals surface area contributed by atoms with Gasteiger partial charge in [-0.3, -0.25) is 14.6 Å². The number of hydrogen-bond acceptors (Lipinski definition) is 6. The molecule has 6 nitrogen and oxygen atoms in total. The first-order valence-electron chi connectivity index (χ1n) is 10.4. The molecule has 30 heavy (non-hydrogen) atoms. The number of para-hydroxylation sites is 2. The number of ether oxygens (including phenoxy) is 3. The molecule has 5 rings (SSSR count). The Morgan fingerprint density at radius 3 is 2.57 bits per heavy atom. The molecule has 1 spiro atoms. The van der Waals surface area contributed by atoms with E-state index in [1.54, 1.807) is 18.9 Å². The Balaban J connectivity index is 1.23. The normalized spacial score (nSPS) is 23.0. The molecule has 1 atom stereocenters. The smallest absolute Gasteiger partial charge is 0.238 e. The van der Waals surface area contributed by atoms with Crippen molar-refractivity contribution in [1.82, 2.24) is 4.90 Å². The molecule has 3 aliphatic rings. The quantitative estimate of drug-likeness (QED) is 0.747. The fraction of sp³-hybridized carbons (Fsp3) is 0.435. The van der Waals surface area contributed by atoms with Crippen molar-refractivity contribution in [3.8, 4) is 17.2 Å². The molecule has 158 valence electrons. The van der Waals surface area contributed by atoms with Crippen LogP contribution in [0, 0.1) is 0 Å². The monoisotopic (exact) mass is 426 g/mol. The van der Waals surface area contributed by atoms with Crippen LogP contribution >= 0.6 is 11.8 Å². The molecule has 7 heteroatoms. The molecule has 2 aromatic carbocycles. The van der Waals surface area contributed by atoms with E-state index < -0.39 is 0 Å². The van der Waals surface area contributed by atoms with Crippen LogP contribution in [0.1, 0.15) is 12.8 Å². The second-order valence-electron chi connectivity index (χ2n) is 7.96. The van der Waals surface area contributed by atoms with Gasteiger partial charge in [0, 0.05) is 25.3 Å². The molecule has 2 saturated heterocycles. The van der Waals surface area contributed by atoms with Crippen molar-refractivity contribution in [3.63, 3.8) is 0 Å². The lowest BCUT2D eigenvalue weighted by Gasteiger charge is -2.44. The van der Waals surface area contributed by atoms with Crippen LogP contribution in [0.3, 0.4) is 0 Å². The van der Waals surface area contributed by atoms with Crippen LogP contribution in [-0.4, -0.2) is 60.9 Å². The first-order valence-corrected chi connectivity index (χ1v) is 11.4. The number of nitrogens with zero attached hydrogens (tertiary/aromatic N) is 2. The van der Waals surface area contributed by atoms with Gasteiger partial charge in [-0.1, -0.05) is 12.1 Å². The van der Waals surface area contributed by atoms with Crippen LogP contribution in [0.15, 0.2) is 48.5 Å². The summed E-state index contributed by atoms with van der Waals surface area (Å²) in [5.41, 5.74) is 0.958. The standard InChI is InChI=1S/C23H26N2O4S/c1-27-18-8-6-17(7-9-18)25-22(26)16-30-23(25)10-12-24(13-11-23)14-19-15-28-20-4-2-3-5-21(20)29-19/h2-9,19H,10-16H2,1H3. The molecule has 3 heterocycles. The van der Waals surface area contributed by atoms with Gasteiger partial charge < -0.3 is 14.2 Å². The first kappa shape index (κ1) is 19.6. The van der Waals surface area contributed by atoms with E-state index in [0.29, 0.717) is 12.4 Å². The molecule has 2 aromatic rings. The van der Waals surface area contributed by atoms with Gasteiger partial charge in [-0.15, -0.1) is 11.8 Å². The van der Waals surface area contributed by atoms with Crippen LogP contribution in [0.2, 0.25) is 0 Å². The summed E-state index contributed by atoms with van der Waals surface area (Å²) in [6, 6.07) is 15.7. The van der Waals surface area contributed by atoms with Crippen molar-refractivity contribution in [3.05, 3.63) is 48.5 Å². The second kappa shape index (κ2) is 8.04. The molecule has 0 N–H and O–H groups in total. The maximum Gasteiger partial charge on any atom is 0.238 e. The molecule has 0 aliphatic carbocycles. The van der Waals surface area contributed by atoms with Gasteiger partial charge in [0.2, 0.25) is 5.91 Å². The third kappa shape index (κ3) is 3.61. The number of methoxy groups -OCH3 is 1. The number of piperidine rings is 1. The van der Waals surface area contributed by atoms with Crippen molar-refractivity contribution < 1.29 is 19.0 Å². The number of thioether (sulfide) groups is 1. The number of benzene rings is 2. The highest BCUT2D eigenvalue weighted by Crippen LogP contribution is 2.47. The third-order valence-electron chi connectivity index (χ3n) is 6.12. The van der Waals surface area contributed by atoms with Gasteiger partial charge in [0.1, 0.15) is 18.5 Å². The molecular weight excluding hydrogens is 400 g/mol. The highest BCUT2D eigenvalue weighted by atomic mass is 32.2. The van der Waals surface area contributed by atoms with E-state index in [1.165, 1.54) is 0 Å². The molecule has 1 amide bonds. The summed E-state index contributed by atoms with van der Waals surface area (Å²) in [5, 5.41) is 0. The Hall–Kier alpha value is -2.38. The highest BCUT2D eigenvalue weighted by molar-refractivity contribution is 8.02. The van der Waals surface area contributed by atoms with Crippen LogP contribution in [0.4, 0.5) is 5.69 Å². The third-order valence-corrected chi connectivity index (χ3v) is 7.64. The van der Waals surface area contributed by atoms with Crippen molar-refractivity contribution in [2.45, 2.75) is 23.8 Å². The predicted octanol–water partition coefficient (Wildman–Crippen LogP) is 3.41. The summed E-state index contributed by atoms with van der Waals surface area (Å²) < 4.78 is 17.3. The largest absolute Gasteiger partial charge is 0.497 e. The van der Waals surface area contributed by atoms with Crippen LogP contribution in [0.5, 0.6) is 17.2 Å². The summed E-state index contributed by atoms with van der Waals surface area (Å²) in [6.45, 7) is 3.29. The zero-order valence-electron chi connectivity index (χ0n) is 17.1. The molecule has 0 saturated carbocycles. The lowest BCUT2D eigenvalue weighted by atomic mass is 10.0. The number of fused-ring (bicyclic) bond motifs is 1. The number of carbonyl (C=O) groups excluding carboxylic acids is 1. The Morgan fingerprint density at radius 2 is 1.83 bits per heavy atom. The van der Waals surface area contributed by atoms with E-state index in [4.69, 9.17) is 14.2 Å². The van der Waals surface area contributed by atoms with E-state index in [9.17, 15) is 4.79 Å². The fourth-order valence-corrected chi connectivity index (χ4v) is 5.89. The van der Waals surface area contributed by atoms with Gasteiger partial charge >= 0.3 is 0 Å². The van der Waals surface area contributed by atoms with E-state index >= 15 is 0 Å². The summed E-state index contributed by atoms with van der Waals surface area (Å²) in [5.74, 6) is 3.19. The lowest BCUT2D eigenvalue weighted by molar-refractivity contribution is -0.116. The average molecular weight is 427 g/mol. The SMILES string of the molecule is COc1ccc(N2C(=O)CSC23CCN(CC2COc4ccccc4O2)CC3)cc1. The van der Waals surface area contributed by atoms with Gasteiger partial charge in [0.15, 0.2) is 11.5 Å². The molecular formula is C23H26N2O4S. The van der Waals surface area contributed by atoms with Crippen LogP contribution in [0.25, 0.3) is 0 Å². The molecule has 0 bridgehead atoms. The Kier molecular flexibility index (Phi) is 5.25. The topological polar surface area (TPSA) is 51.2 Å². The molecule has 0 aromatic heterocycles. The Bertz CT molecular complexity index is 912. The van der Waals surface area contributed by atoms with E-state index in [2.05, 4.69) is 4.90 Å². The van der Waals surface area contributed by atoms with Crippen molar-refractivity contribution >= 4 is 23.4 Å². The lowest BCUT2D eigenvalue weighted by Crippen LogP contribution is -2.54. The summed E-state index contributed by atoms with van der Waals surface area (Å²) in [7, 11) is 1.66. The summed E-state index contributed by atoms with van der Waals surface area (Å²) in [6.07, 6.45) is 1.92. The van der Waals surface area contributed by atoms with Gasteiger partial charge in [0.05, 0.1) is 17.7 Å². The number of likely N-dealkylation sites (tertiary alicyclic amines) is 1. The second-order valence-corrected chi connectivity index (χ2v) is 9.30. The minimum atomic E-state index is -0.154. The van der Waals surface area contributed by atoms with Crippen LogP contribution < -0.4 is 19.1 Å². The predicted molar refractivity (Wildman–Crippen MR) is 118 cm³/mol.